The van der Waals surface area contributed by atoms with Gasteiger partial charge in [0.15, 0.2) is 5.82 Å². The van der Waals surface area contributed by atoms with Crippen molar-refractivity contribution >= 4 is 0 Å². The van der Waals surface area contributed by atoms with Crippen molar-refractivity contribution in [2.24, 2.45) is 11.8 Å². The maximum absolute atomic E-state index is 14.5. The molecule has 0 spiro atoms. The Bertz CT molecular complexity index is 673. The van der Waals surface area contributed by atoms with Crippen LogP contribution in [0.2, 0.25) is 0 Å². The van der Waals surface area contributed by atoms with Crippen LogP contribution in [0.1, 0.15) is 63.0 Å². The van der Waals surface area contributed by atoms with E-state index in [0.29, 0.717) is 11.4 Å². The number of rotatable bonds is 6. The molecule has 1 saturated carbocycles. The molecule has 25 heavy (non-hydrogen) atoms. The number of halogens is 1. The van der Waals surface area contributed by atoms with Gasteiger partial charge >= 0.3 is 0 Å². The lowest BCUT2D eigenvalue weighted by Gasteiger charge is -2.28. The van der Waals surface area contributed by atoms with E-state index in [1.54, 1.807) is 18.5 Å². The minimum absolute atomic E-state index is 0.215. The van der Waals surface area contributed by atoms with Crippen molar-refractivity contribution in [3.05, 3.63) is 47.5 Å². The molecule has 0 saturated heterocycles. The zero-order chi connectivity index (χ0) is 17.6. The Hall–Kier alpha value is -1.77. The Kier molecular flexibility index (Phi) is 6.17. The number of hydrogen-bond donors (Lipinski definition) is 0. The summed E-state index contributed by atoms with van der Waals surface area (Å²) in [4.78, 5) is 8.46. The highest BCUT2D eigenvalue weighted by Crippen LogP contribution is 2.34. The van der Waals surface area contributed by atoms with Gasteiger partial charge in [-0.1, -0.05) is 51.5 Å². The van der Waals surface area contributed by atoms with Crippen LogP contribution in [0.3, 0.4) is 0 Å². The summed E-state index contributed by atoms with van der Waals surface area (Å²) in [6.07, 6.45) is 13.8. The van der Waals surface area contributed by atoms with Gasteiger partial charge in [0.05, 0.1) is 5.56 Å². The highest BCUT2D eigenvalue weighted by atomic mass is 19.1. The van der Waals surface area contributed by atoms with E-state index in [1.807, 2.05) is 19.1 Å². The third-order valence-electron chi connectivity index (χ3n) is 5.56. The lowest BCUT2D eigenvalue weighted by Crippen LogP contribution is -2.15. The third-order valence-corrected chi connectivity index (χ3v) is 5.56. The van der Waals surface area contributed by atoms with Crippen molar-refractivity contribution in [1.29, 1.82) is 0 Å². The summed E-state index contributed by atoms with van der Waals surface area (Å²) in [7, 11) is 0. The topological polar surface area (TPSA) is 25.8 Å². The van der Waals surface area contributed by atoms with Gasteiger partial charge in [-0.15, -0.1) is 0 Å². The number of aromatic nitrogens is 2. The molecule has 0 unspecified atom stereocenters. The summed E-state index contributed by atoms with van der Waals surface area (Å²) in [6.45, 7) is 4.21. The second kappa shape index (κ2) is 8.55. The van der Waals surface area contributed by atoms with Gasteiger partial charge in [-0.05, 0) is 54.9 Å². The second-order valence-electron chi connectivity index (χ2n) is 7.61. The Morgan fingerprint density at radius 3 is 2.24 bits per heavy atom. The van der Waals surface area contributed by atoms with Crippen LogP contribution in [0, 0.1) is 24.6 Å². The summed E-state index contributed by atoms with van der Waals surface area (Å²) < 4.78 is 14.5. The van der Waals surface area contributed by atoms with Crippen LogP contribution in [0.5, 0.6) is 0 Å². The minimum atomic E-state index is -0.215. The summed E-state index contributed by atoms with van der Waals surface area (Å²) in [6, 6.07) is 5.53. The van der Waals surface area contributed by atoms with Crippen LogP contribution in [0.25, 0.3) is 11.4 Å². The Morgan fingerprint density at radius 1 is 1.00 bits per heavy atom. The van der Waals surface area contributed by atoms with Crippen LogP contribution < -0.4 is 0 Å². The number of benzene rings is 1. The molecule has 2 aromatic rings. The van der Waals surface area contributed by atoms with Crippen LogP contribution in [0.15, 0.2) is 30.6 Å². The Labute approximate surface area is 150 Å². The summed E-state index contributed by atoms with van der Waals surface area (Å²) in [5.41, 5.74) is 2.56. The van der Waals surface area contributed by atoms with Crippen molar-refractivity contribution in [2.45, 2.75) is 65.2 Å². The van der Waals surface area contributed by atoms with Gasteiger partial charge in [-0.25, -0.2) is 14.4 Å². The van der Waals surface area contributed by atoms with Gasteiger partial charge in [-0.3, -0.25) is 0 Å². The normalized spacial score (nSPS) is 20.6. The van der Waals surface area contributed by atoms with Crippen molar-refractivity contribution in [1.82, 2.24) is 9.97 Å². The third kappa shape index (κ3) is 4.87. The number of hydrogen-bond acceptors (Lipinski definition) is 2. The first-order chi connectivity index (χ1) is 12.2. The summed E-state index contributed by atoms with van der Waals surface area (Å²) in [5.74, 6) is 2.01. The first-order valence-electron chi connectivity index (χ1n) is 9.73. The largest absolute Gasteiger partial charge is 0.236 e. The van der Waals surface area contributed by atoms with Crippen LogP contribution in [-0.2, 0) is 6.42 Å². The molecule has 134 valence electrons. The van der Waals surface area contributed by atoms with E-state index in [2.05, 4.69) is 16.9 Å². The molecule has 1 aliphatic rings. The quantitative estimate of drug-likeness (QED) is 0.632. The maximum atomic E-state index is 14.5. The van der Waals surface area contributed by atoms with Crippen molar-refractivity contribution < 1.29 is 4.39 Å². The van der Waals surface area contributed by atoms with Crippen LogP contribution in [0.4, 0.5) is 4.39 Å². The highest BCUT2D eigenvalue weighted by molar-refractivity contribution is 5.56. The average Bonchev–Trinajstić information content (AvgIpc) is 2.62. The van der Waals surface area contributed by atoms with Crippen LogP contribution >= 0.6 is 0 Å². The van der Waals surface area contributed by atoms with E-state index in [9.17, 15) is 4.39 Å². The minimum Gasteiger partial charge on any atom is -0.236 e. The first-order valence-corrected chi connectivity index (χ1v) is 9.73. The van der Waals surface area contributed by atoms with Gasteiger partial charge in [0, 0.05) is 12.4 Å². The van der Waals surface area contributed by atoms with E-state index in [4.69, 9.17) is 0 Å². The molecular weight excluding hydrogens is 311 g/mol. The number of nitrogens with zero attached hydrogens (tertiary/aromatic N) is 2. The monoisotopic (exact) mass is 340 g/mol. The molecule has 0 amide bonds. The van der Waals surface area contributed by atoms with Crippen molar-refractivity contribution in [3.8, 4) is 11.4 Å². The molecule has 3 rings (SSSR count). The highest BCUT2D eigenvalue weighted by Gasteiger charge is 2.20. The predicted octanol–water partition coefficient (Wildman–Crippen LogP) is 6.13. The molecule has 0 N–H and O–H groups in total. The maximum Gasteiger partial charge on any atom is 0.162 e. The second-order valence-corrected chi connectivity index (χ2v) is 7.61. The molecule has 1 aromatic heterocycles. The molecule has 0 radical (unpaired) electrons. The Balaban J connectivity index is 1.56. The standard InChI is InChI=1S/C22H29FN2/c1-3-4-17-5-7-18(8-6-17)9-10-19-11-12-20(21(23)13-19)22-24-14-16(2)15-25-22/h11-15,17-18H,3-10H2,1-2H3/t17-,18-. The molecule has 0 bridgehead atoms. The zero-order valence-corrected chi connectivity index (χ0v) is 15.5. The fourth-order valence-electron chi connectivity index (χ4n) is 4.02. The molecular formula is C22H29FN2. The van der Waals surface area contributed by atoms with Crippen molar-refractivity contribution in [2.75, 3.05) is 0 Å². The van der Waals surface area contributed by atoms with Gasteiger partial charge in [0.2, 0.25) is 0 Å². The van der Waals surface area contributed by atoms with E-state index in [-0.39, 0.29) is 5.82 Å². The molecule has 3 heteroatoms. The Morgan fingerprint density at radius 2 is 1.64 bits per heavy atom. The first kappa shape index (κ1) is 18.0. The summed E-state index contributed by atoms with van der Waals surface area (Å²) in [5, 5.41) is 0. The fourth-order valence-corrected chi connectivity index (χ4v) is 4.02. The van der Waals surface area contributed by atoms with E-state index < -0.39 is 0 Å². The van der Waals surface area contributed by atoms with Gasteiger partial charge in [0.1, 0.15) is 5.82 Å². The fraction of sp³-hybridized carbons (Fsp3) is 0.545. The SMILES string of the molecule is CCC[C@H]1CC[C@H](CCc2ccc(-c3ncc(C)cn3)c(F)c2)CC1. The molecule has 0 aliphatic heterocycles. The summed E-state index contributed by atoms with van der Waals surface area (Å²) >= 11 is 0. The van der Waals surface area contributed by atoms with Crippen LogP contribution in [-0.4, -0.2) is 9.97 Å². The predicted molar refractivity (Wildman–Crippen MR) is 101 cm³/mol. The smallest absolute Gasteiger partial charge is 0.162 e. The van der Waals surface area contributed by atoms with E-state index in [0.717, 1.165) is 29.4 Å². The zero-order valence-electron chi connectivity index (χ0n) is 15.5. The molecule has 0 atom stereocenters. The average molecular weight is 340 g/mol. The lowest BCUT2D eigenvalue weighted by molar-refractivity contribution is 0.252. The molecule has 1 aliphatic carbocycles. The van der Waals surface area contributed by atoms with Gasteiger partial charge in [-0.2, -0.15) is 0 Å². The lowest BCUT2D eigenvalue weighted by atomic mass is 9.78. The molecule has 2 nitrogen and oxygen atoms in total. The van der Waals surface area contributed by atoms with E-state index >= 15 is 0 Å². The van der Waals surface area contributed by atoms with Gasteiger partial charge < -0.3 is 0 Å². The molecule has 1 aromatic carbocycles. The molecule has 1 fully saturated rings. The van der Waals surface area contributed by atoms with Gasteiger partial charge in [0.25, 0.3) is 0 Å². The molecule has 1 heterocycles. The number of aryl methyl sites for hydroxylation is 2. The van der Waals surface area contributed by atoms with E-state index in [1.165, 1.54) is 44.9 Å². The van der Waals surface area contributed by atoms with Crippen molar-refractivity contribution in [3.63, 3.8) is 0 Å².